The van der Waals surface area contributed by atoms with Crippen LogP contribution in [0.2, 0.25) is 0 Å². The summed E-state index contributed by atoms with van der Waals surface area (Å²) < 4.78 is 49.6. The number of hydrogen-bond donors (Lipinski definition) is 1. The molecule has 1 atom stereocenters. The summed E-state index contributed by atoms with van der Waals surface area (Å²) in [4.78, 5) is 23.5. The molecule has 0 heterocycles. The molecule has 1 amide bonds. The first-order chi connectivity index (χ1) is 11.8. The summed E-state index contributed by atoms with van der Waals surface area (Å²) in [5.41, 5.74) is -0.290. The van der Waals surface area contributed by atoms with E-state index in [-0.39, 0.29) is 11.3 Å². The van der Waals surface area contributed by atoms with Gasteiger partial charge >= 0.3 is 5.97 Å². The topological polar surface area (TPSA) is 64.6 Å². The van der Waals surface area contributed by atoms with Crippen molar-refractivity contribution in [3.63, 3.8) is 0 Å². The third kappa shape index (κ3) is 4.28. The molecule has 2 rings (SSSR count). The average molecular weight is 353 g/mol. The fraction of sp³-hybridized carbons (Fsp3) is 0.176. The zero-order valence-electron chi connectivity index (χ0n) is 13.3. The number of anilines is 1. The van der Waals surface area contributed by atoms with Crippen LogP contribution in [0.4, 0.5) is 18.9 Å². The van der Waals surface area contributed by atoms with Gasteiger partial charge in [0.1, 0.15) is 5.75 Å². The Morgan fingerprint density at radius 2 is 1.80 bits per heavy atom. The van der Waals surface area contributed by atoms with E-state index in [1.165, 1.54) is 38.3 Å². The molecule has 1 N–H and O–H groups in total. The maximum Gasteiger partial charge on any atom is 0.337 e. The zero-order valence-corrected chi connectivity index (χ0v) is 13.3. The Morgan fingerprint density at radius 1 is 1.08 bits per heavy atom. The van der Waals surface area contributed by atoms with Crippen LogP contribution in [0.25, 0.3) is 0 Å². The van der Waals surface area contributed by atoms with Crippen LogP contribution in [-0.2, 0) is 9.53 Å². The molecule has 5 nitrogen and oxygen atoms in total. The van der Waals surface area contributed by atoms with Crippen molar-refractivity contribution in [1.82, 2.24) is 0 Å². The number of methoxy groups -OCH3 is 1. The van der Waals surface area contributed by atoms with E-state index < -0.39 is 41.1 Å². The summed E-state index contributed by atoms with van der Waals surface area (Å²) in [5, 5.41) is 2.11. The summed E-state index contributed by atoms with van der Waals surface area (Å²) in [6.45, 7) is 1.37. The fourth-order valence-corrected chi connectivity index (χ4v) is 1.93. The molecule has 2 aromatic rings. The Morgan fingerprint density at radius 3 is 2.48 bits per heavy atom. The van der Waals surface area contributed by atoms with Crippen molar-refractivity contribution in [2.24, 2.45) is 0 Å². The number of carbonyl (C=O) groups excluding carboxylic acids is 2. The summed E-state index contributed by atoms with van der Waals surface area (Å²) in [6.07, 6.45) is -1.10. The highest BCUT2D eigenvalue weighted by Gasteiger charge is 2.20. The molecule has 0 saturated carbocycles. The van der Waals surface area contributed by atoms with Crippen LogP contribution < -0.4 is 10.1 Å². The predicted molar refractivity (Wildman–Crippen MR) is 82.8 cm³/mol. The molecule has 0 radical (unpaired) electrons. The van der Waals surface area contributed by atoms with Crippen LogP contribution >= 0.6 is 0 Å². The van der Waals surface area contributed by atoms with Gasteiger partial charge in [0.2, 0.25) is 0 Å². The van der Waals surface area contributed by atoms with Crippen LogP contribution in [0.15, 0.2) is 36.4 Å². The molecule has 0 saturated heterocycles. The summed E-state index contributed by atoms with van der Waals surface area (Å²) >= 11 is 0. The van der Waals surface area contributed by atoms with Crippen LogP contribution in [0, 0.1) is 17.5 Å². The van der Waals surface area contributed by atoms with Gasteiger partial charge in [0, 0.05) is 0 Å². The molecular formula is C17H14F3NO4. The summed E-state index contributed by atoms with van der Waals surface area (Å²) in [7, 11) is 1.22. The number of carbonyl (C=O) groups is 2. The molecule has 0 aliphatic rings. The van der Waals surface area contributed by atoms with E-state index >= 15 is 0 Å². The molecule has 25 heavy (non-hydrogen) atoms. The van der Waals surface area contributed by atoms with E-state index in [4.69, 9.17) is 4.74 Å². The van der Waals surface area contributed by atoms with Crippen LogP contribution in [-0.4, -0.2) is 25.1 Å². The minimum Gasteiger partial charge on any atom is -0.481 e. The number of ether oxygens (including phenoxy) is 2. The normalized spacial score (nSPS) is 11.6. The van der Waals surface area contributed by atoms with Crippen molar-refractivity contribution in [1.29, 1.82) is 0 Å². The van der Waals surface area contributed by atoms with Gasteiger partial charge in [0.25, 0.3) is 5.91 Å². The molecular weight excluding hydrogens is 339 g/mol. The maximum absolute atomic E-state index is 13.6. The van der Waals surface area contributed by atoms with E-state index in [0.29, 0.717) is 6.07 Å². The lowest BCUT2D eigenvalue weighted by Crippen LogP contribution is -2.30. The number of amides is 1. The molecule has 0 bridgehead atoms. The lowest BCUT2D eigenvalue weighted by atomic mass is 10.2. The van der Waals surface area contributed by atoms with Gasteiger partial charge in [-0.25, -0.2) is 18.0 Å². The van der Waals surface area contributed by atoms with Gasteiger partial charge in [-0.2, -0.15) is 0 Å². The standard InChI is InChI=1S/C17H14F3NO4/c1-9(25-11-5-3-4-10(8-11)17(23)24-2)16(22)21-13-7-6-12(18)14(19)15(13)20/h3-9H,1-2H3,(H,21,22). The van der Waals surface area contributed by atoms with Gasteiger partial charge in [-0.15, -0.1) is 0 Å². The van der Waals surface area contributed by atoms with E-state index in [9.17, 15) is 22.8 Å². The third-order valence-electron chi connectivity index (χ3n) is 3.23. The molecule has 0 aromatic heterocycles. The minimum atomic E-state index is -1.68. The Bertz CT molecular complexity index is 810. The first-order valence-electron chi connectivity index (χ1n) is 7.13. The van der Waals surface area contributed by atoms with Crippen LogP contribution in [0.1, 0.15) is 17.3 Å². The van der Waals surface area contributed by atoms with Gasteiger partial charge in [-0.3, -0.25) is 4.79 Å². The monoisotopic (exact) mass is 353 g/mol. The van der Waals surface area contributed by atoms with E-state index in [1.807, 2.05) is 0 Å². The second-order valence-electron chi connectivity index (χ2n) is 4.99. The lowest BCUT2D eigenvalue weighted by Gasteiger charge is -2.15. The molecule has 0 fully saturated rings. The molecule has 8 heteroatoms. The number of esters is 1. The van der Waals surface area contributed by atoms with E-state index in [0.717, 1.165) is 6.07 Å². The molecule has 0 aliphatic heterocycles. The van der Waals surface area contributed by atoms with Crippen LogP contribution in [0.3, 0.4) is 0 Å². The van der Waals surface area contributed by atoms with Crippen molar-refractivity contribution in [3.05, 3.63) is 59.4 Å². The Balaban J connectivity index is 2.08. The first kappa shape index (κ1) is 18.3. The van der Waals surface area contributed by atoms with Crippen molar-refractivity contribution in [3.8, 4) is 5.75 Å². The number of halogens is 3. The maximum atomic E-state index is 13.6. The van der Waals surface area contributed by atoms with E-state index in [1.54, 1.807) is 0 Å². The SMILES string of the molecule is COC(=O)c1cccc(OC(C)C(=O)Nc2ccc(F)c(F)c2F)c1. The number of hydrogen-bond acceptors (Lipinski definition) is 4. The Labute approximate surface area is 141 Å². The molecule has 1 unspecified atom stereocenters. The van der Waals surface area contributed by atoms with Gasteiger partial charge < -0.3 is 14.8 Å². The van der Waals surface area contributed by atoms with E-state index in [2.05, 4.69) is 10.1 Å². The lowest BCUT2D eigenvalue weighted by molar-refractivity contribution is -0.122. The molecule has 132 valence electrons. The largest absolute Gasteiger partial charge is 0.481 e. The fourth-order valence-electron chi connectivity index (χ4n) is 1.93. The second kappa shape index (κ2) is 7.69. The average Bonchev–Trinajstić information content (AvgIpc) is 2.61. The summed E-state index contributed by atoms with van der Waals surface area (Å²) in [5.74, 6) is -5.71. The highest BCUT2D eigenvalue weighted by atomic mass is 19.2. The van der Waals surface area contributed by atoms with Gasteiger partial charge in [-0.05, 0) is 37.3 Å². The third-order valence-corrected chi connectivity index (χ3v) is 3.23. The zero-order chi connectivity index (χ0) is 18.6. The van der Waals surface area contributed by atoms with Crippen LogP contribution in [0.5, 0.6) is 5.75 Å². The predicted octanol–water partition coefficient (Wildman–Crippen LogP) is 3.30. The Kier molecular flexibility index (Phi) is 5.63. The number of nitrogens with one attached hydrogen (secondary N) is 1. The second-order valence-corrected chi connectivity index (χ2v) is 4.99. The van der Waals surface area contributed by atoms with Crippen molar-refractivity contribution >= 4 is 17.6 Å². The van der Waals surface area contributed by atoms with Gasteiger partial charge in [-0.1, -0.05) is 6.07 Å². The van der Waals surface area contributed by atoms with Crippen molar-refractivity contribution in [2.45, 2.75) is 13.0 Å². The molecule has 0 aliphatic carbocycles. The first-order valence-corrected chi connectivity index (χ1v) is 7.13. The quantitative estimate of drug-likeness (QED) is 0.662. The smallest absolute Gasteiger partial charge is 0.337 e. The molecule has 2 aromatic carbocycles. The Hall–Kier alpha value is -3.03. The van der Waals surface area contributed by atoms with Crippen molar-refractivity contribution in [2.75, 3.05) is 12.4 Å². The summed E-state index contributed by atoms with van der Waals surface area (Å²) in [6, 6.07) is 7.50. The highest BCUT2D eigenvalue weighted by Crippen LogP contribution is 2.21. The molecule has 0 spiro atoms. The van der Waals surface area contributed by atoms with Crippen molar-refractivity contribution < 1.29 is 32.2 Å². The number of benzene rings is 2. The van der Waals surface area contributed by atoms with Gasteiger partial charge in [0.15, 0.2) is 23.6 Å². The number of rotatable bonds is 5. The van der Waals surface area contributed by atoms with Gasteiger partial charge in [0.05, 0.1) is 18.4 Å². The highest BCUT2D eigenvalue weighted by molar-refractivity contribution is 5.94. The minimum absolute atomic E-state index is 0.205.